The fraction of sp³-hybridized carbons (Fsp3) is 0.483. The predicted molar refractivity (Wildman–Crippen MR) is 137 cm³/mol. The molecule has 2 heterocycles. The Labute approximate surface area is 208 Å². The van der Waals surface area contributed by atoms with Gasteiger partial charge >= 0.3 is 0 Å². The van der Waals surface area contributed by atoms with Crippen LogP contribution in [0.1, 0.15) is 60.0 Å². The summed E-state index contributed by atoms with van der Waals surface area (Å²) >= 11 is 0. The molecule has 2 saturated heterocycles. The topological polar surface area (TPSA) is 69.7 Å². The van der Waals surface area contributed by atoms with Gasteiger partial charge in [-0.2, -0.15) is 0 Å². The number of piperidine rings is 2. The summed E-state index contributed by atoms with van der Waals surface area (Å²) in [5.74, 6) is 0.0105. The molecule has 2 aliphatic heterocycles. The van der Waals surface area contributed by atoms with Crippen molar-refractivity contribution < 1.29 is 14.4 Å². The number of nitrogens with one attached hydrogen (secondary N) is 1. The second-order valence-electron chi connectivity index (χ2n) is 9.91. The van der Waals surface area contributed by atoms with E-state index in [4.69, 9.17) is 0 Å². The maximum atomic E-state index is 13.5. The maximum Gasteiger partial charge on any atom is 0.251 e. The number of rotatable bonds is 7. The fourth-order valence-corrected chi connectivity index (χ4v) is 5.24. The smallest absolute Gasteiger partial charge is 0.251 e. The molecule has 2 aromatic carbocycles. The van der Waals surface area contributed by atoms with Gasteiger partial charge in [0, 0.05) is 38.2 Å². The molecule has 0 aromatic heterocycles. The van der Waals surface area contributed by atoms with Crippen molar-refractivity contribution in [3.8, 4) is 0 Å². The van der Waals surface area contributed by atoms with Crippen LogP contribution in [0.25, 0.3) is 0 Å². The van der Waals surface area contributed by atoms with Crippen molar-refractivity contribution in [2.24, 2.45) is 5.92 Å². The maximum absolute atomic E-state index is 13.5. The zero-order chi connectivity index (χ0) is 24.6. The van der Waals surface area contributed by atoms with E-state index in [0.717, 1.165) is 57.2 Å². The van der Waals surface area contributed by atoms with E-state index in [2.05, 4.69) is 5.32 Å². The standard InChI is InChI=1S/C29H37N3O3/c1-22-9-8-12-25(21-22)28(34)30-27(29(35)32-17-6-3-7-18-32)24-15-19-31(20-16-24)26(33)14-13-23-10-4-2-5-11-23/h2,4-5,8-12,21,24,27H,3,6-7,13-20H2,1H3,(H,30,34). The van der Waals surface area contributed by atoms with Crippen molar-refractivity contribution in [3.05, 3.63) is 71.3 Å². The quantitative estimate of drug-likeness (QED) is 0.659. The first-order chi connectivity index (χ1) is 17.0. The first-order valence-electron chi connectivity index (χ1n) is 13.0. The fourth-order valence-electron chi connectivity index (χ4n) is 5.24. The highest BCUT2D eigenvalue weighted by Crippen LogP contribution is 2.24. The first-order valence-corrected chi connectivity index (χ1v) is 13.0. The number of carbonyl (C=O) groups is 3. The van der Waals surface area contributed by atoms with Crippen molar-refractivity contribution >= 4 is 17.7 Å². The monoisotopic (exact) mass is 475 g/mol. The van der Waals surface area contributed by atoms with E-state index in [1.54, 1.807) is 6.07 Å². The molecule has 0 saturated carbocycles. The summed E-state index contributed by atoms with van der Waals surface area (Å²) in [6.45, 7) is 4.72. The van der Waals surface area contributed by atoms with Gasteiger partial charge in [-0.1, -0.05) is 48.0 Å². The molecule has 1 N–H and O–H groups in total. The molecule has 2 aliphatic rings. The van der Waals surface area contributed by atoms with E-state index in [0.29, 0.717) is 25.1 Å². The molecule has 4 rings (SSSR count). The normalized spacial score (nSPS) is 17.6. The van der Waals surface area contributed by atoms with Crippen molar-refractivity contribution in [2.75, 3.05) is 26.2 Å². The number of hydrogen-bond donors (Lipinski definition) is 1. The molecular weight excluding hydrogens is 438 g/mol. The molecule has 35 heavy (non-hydrogen) atoms. The number of amides is 3. The molecule has 0 radical (unpaired) electrons. The number of carbonyl (C=O) groups excluding carboxylic acids is 3. The van der Waals surface area contributed by atoms with E-state index >= 15 is 0 Å². The van der Waals surface area contributed by atoms with Crippen LogP contribution in [0.4, 0.5) is 0 Å². The van der Waals surface area contributed by atoms with Crippen LogP contribution in [0, 0.1) is 12.8 Å². The van der Waals surface area contributed by atoms with Gasteiger partial charge in [0.15, 0.2) is 0 Å². The molecule has 2 aromatic rings. The molecule has 0 spiro atoms. The number of likely N-dealkylation sites (tertiary alicyclic amines) is 2. The van der Waals surface area contributed by atoms with Crippen molar-refractivity contribution in [3.63, 3.8) is 0 Å². The minimum absolute atomic E-state index is 0.0244. The van der Waals surface area contributed by atoms with Crippen LogP contribution in [0.2, 0.25) is 0 Å². The summed E-state index contributed by atoms with van der Waals surface area (Å²) in [4.78, 5) is 43.3. The van der Waals surface area contributed by atoms with Gasteiger partial charge in [0.2, 0.25) is 11.8 Å². The highest BCUT2D eigenvalue weighted by molar-refractivity contribution is 5.97. The Balaban J connectivity index is 1.39. The third kappa shape index (κ3) is 6.71. The third-order valence-corrected chi connectivity index (χ3v) is 7.33. The number of aryl methyl sites for hydroxylation is 2. The lowest BCUT2D eigenvalue weighted by molar-refractivity contribution is -0.137. The van der Waals surface area contributed by atoms with E-state index in [1.165, 1.54) is 5.56 Å². The number of benzene rings is 2. The predicted octanol–water partition coefficient (Wildman–Crippen LogP) is 3.98. The van der Waals surface area contributed by atoms with Gasteiger partial charge in [-0.15, -0.1) is 0 Å². The lowest BCUT2D eigenvalue weighted by Crippen LogP contribution is -2.55. The van der Waals surface area contributed by atoms with Crippen LogP contribution >= 0.6 is 0 Å². The van der Waals surface area contributed by atoms with E-state index in [-0.39, 0.29) is 23.6 Å². The average molecular weight is 476 g/mol. The molecule has 6 nitrogen and oxygen atoms in total. The summed E-state index contributed by atoms with van der Waals surface area (Å²) in [5, 5.41) is 3.08. The molecule has 3 amide bonds. The van der Waals surface area contributed by atoms with Gasteiger partial charge < -0.3 is 15.1 Å². The minimum atomic E-state index is -0.553. The zero-order valence-electron chi connectivity index (χ0n) is 20.7. The highest BCUT2D eigenvalue weighted by Gasteiger charge is 2.36. The SMILES string of the molecule is Cc1cccc(C(=O)NC(C(=O)N2CCCCC2)C2CCN(C(=O)CCc3ccccc3)CC2)c1. The van der Waals surface area contributed by atoms with Gasteiger partial charge in [0.1, 0.15) is 6.04 Å². The summed E-state index contributed by atoms with van der Waals surface area (Å²) in [5.41, 5.74) is 2.76. The lowest BCUT2D eigenvalue weighted by atomic mass is 9.87. The molecular formula is C29H37N3O3. The first kappa shape index (κ1) is 25.0. The molecule has 186 valence electrons. The van der Waals surface area contributed by atoms with Crippen molar-refractivity contribution in [1.29, 1.82) is 0 Å². The van der Waals surface area contributed by atoms with Crippen LogP contribution < -0.4 is 5.32 Å². The van der Waals surface area contributed by atoms with Crippen molar-refractivity contribution in [1.82, 2.24) is 15.1 Å². The molecule has 1 atom stereocenters. The second-order valence-corrected chi connectivity index (χ2v) is 9.91. The summed E-state index contributed by atoms with van der Waals surface area (Å²) in [6, 6.07) is 17.0. The Bertz CT molecular complexity index is 1010. The van der Waals surface area contributed by atoms with Gasteiger partial charge in [0.05, 0.1) is 0 Å². The molecule has 0 bridgehead atoms. The zero-order valence-corrected chi connectivity index (χ0v) is 20.7. The van der Waals surface area contributed by atoms with Gasteiger partial charge in [-0.3, -0.25) is 14.4 Å². The largest absolute Gasteiger partial charge is 0.343 e. The molecule has 0 aliphatic carbocycles. The van der Waals surface area contributed by atoms with E-state index in [1.807, 2.05) is 65.3 Å². The Hall–Kier alpha value is -3.15. The van der Waals surface area contributed by atoms with E-state index < -0.39 is 6.04 Å². The molecule has 1 unspecified atom stereocenters. The number of hydrogen-bond acceptors (Lipinski definition) is 3. The third-order valence-electron chi connectivity index (χ3n) is 7.33. The van der Waals surface area contributed by atoms with Crippen LogP contribution in [0.5, 0.6) is 0 Å². The van der Waals surface area contributed by atoms with Crippen LogP contribution in [-0.2, 0) is 16.0 Å². The van der Waals surface area contributed by atoms with Crippen LogP contribution in [-0.4, -0.2) is 59.7 Å². The Morgan fingerprint density at radius 2 is 1.60 bits per heavy atom. The van der Waals surface area contributed by atoms with Crippen molar-refractivity contribution in [2.45, 2.75) is 57.9 Å². The average Bonchev–Trinajstić information content (AvgIpc) is 2.91. The Morgan fingerprint density at radius 1 is 0.886 bits per heavy atom. The number of nitrogens with zero attached hydrogens (tertiary/aromatic N) is 2. The molecule has 2 fully saturated rings. The Kier molecular flexibility index (Phi) is 8.56. The van der Waals surface area contributed by atoms with Crippen LogP contribution in [0.15, 0.2) is 54.6 Å². The summed E-state index contributed by atoms with van der Waals surface area (Å²) in [6.07, 6.45) is 5.84. The summed E-state index contributed by atoms with van der Waals surface area (Å²) < 4.78 is 0. The summed E-state index contributed by atoms with van der Waals surface area (Å²) in [7, 11) is 0. The van der Waals surface area contributed by atoms with Gasteiger partial charge in [-0.25, -0.2) is 0 Å². The van der Waals surface area contributed by atoms with Gasteiger partial charge in [0.25, 0.3) is 5.91 Å². The Morgan fingerprint density at radius 3 is 2.29 bits per heavy atom. The molecule has 6 heteroatoms. The van der Waals surface area contributed by atoms with E-state index in [9.17, 15) is 14.4 Å². The minimum Gasteiger partial charge on any atom is -0.343 e. The lowest BCUT2D eigenvalue weighted by Gasteiger charge is -2.38. The highest BCUT2D eigenvalue weighted by atomic mass is 16.2. The second kappa shape index (κ2) is 12.0. The van der Waals surface area contributed by atoms with Gasteiger partial charge in [-0.05, 0) is 69.1 Å². The van der Waals surface area contributed by atoms with Crippen LogP contribution in [0.3, 0.4) is 0 Å².